The highest BCUT2D eigenvalue weighted by Gasteiger charge is 2.32. The maximum absolute atomic E-state index is 13.4. The molecule has 1 aliphatic rings. The number of amides is 2. The highest BCUT2D eigenvalue weighted by atomic mass is 16.2. The summed E-state index contributed by atoms with van der Waals surface area (Å²) in [7, 11) is 0. The molecule has 1 atom stereocenters. The molecule has 1 aliphatic carbocycles. The molecule has 3 aromatic rings. The Hall–Kier alpha value is -3.68. The van der Waals surface area contributed by atoms with Gasteiger partial charge in [0.25, 0.3) is 5.91 Å². The van der Waals surface area contributed by atoms with Crippen molar-refractivity contribution in [3.8, 4) is 11.1 Å². The highest BCUT2D eigenvalue weighted by Crippen LogP contribution is 2.29. The molecule has 2 aromatic heterocycles. The van der Waals surface area contributed by atoms with Crippen molar-refractivity contribution in [2.45, 2.75) is 58.5 Å². The first-order chi connectivity index (χ1) is 16.5. The van der Waals surface area contributed by atoms with E-state index in [-0.39, 0.29) is 17.7 Å². The molecule has 3 N–H and O–H groups in total. The molecule has 34 heavy (non-hydrogen) atoms. The number of nitrogens with zero attached hydrogens (tertiary/aromatic N) is 3. The molecule has 1 saturated carbocycles. The number of nitrogens with one attached hydrogen (secondary N) is 3. The van der Waals surface area contributed by atoms with Crippen LogP contribution >= 0.6 is 0 Å². The average Bonchev–Trinajstić information content (AvgIpc) is 3.44. The molecule has 1 fully saturated rings. The third kappa shape index (κ3) is 5.11. The first-order valence-electron chi connectivity index (χ1n) is 11.8. The second-order valence-electron chi connectivity index (χ2n) is 8.91. The average molecular weight is 461 g/mol. The Balaban J connectivity index is 1.51. The molecule has 0 spiro atoms. The van der Waals surface area contributed by atoms with E-state index in [1.807, 2.05) is 38.1 Å². The van der Waals surface area contributed by atoms with Gasteiger partial charge in [0.2, 0.25) is 5.91 Å². The van der Waals surface area contributed by atoms with Gasteiger partial charge in [0.05, 0.1) is 12.2 Å². The fourth-order valence-electron chi connectivity index (χ4n) is 4.79. The molecule has 8 nitrogen and oxygen atoms in total. The molecule has 8 heteroatoms. The van der Waals surface area contributed by atoms with Crippen molar-refractivity contribution < 1.29 is 9.59 Å². The molecule has 178 valence electrons. The van der Waals surface area contributed by atoms with Crippen LogP contribution in [-0.2, 0) is 11.3 Å². The van der Waals surface area contributed by atoms with Crippen LogP contribution in [0.3, 0.4) is 0 Å². The second-order valence-corrected chi connectivity index (χ2v) is 8.91. The Morgan fingerprint density at radius 1 is 1.18 bits per heavy atom. The Bertz CT molecular complexity index is 1130. The third-order valence-electron chi connectivity index (χ3n) is 6.51. The number of aryl methyl sites for hydroxylation is 2. The quantitative estimate of drug-likeness (QED) is 0.434. The maximum atomic E-state index is 13.4. The van der Waals surface area contributed by atoms with Gasteiger partial charge >= 0.3 is 0 Å². The van der Waals surface area contributed by atoms with Gasteiger partial charge in [-0.2, -0.15) is 10.2 Å². The number of aromatic nitrogens is 4. The van der Waals surface area contributed by atoms with Gasteiger partial charge in [-0.25, -0.2) is 0 Å². The normalized spacial score (nSPS) is 15.0. The van der Waals surface area contributed by atoms with Gasteiger partial charge in [0, 0.05) is 23.1 Å². The van der Waals surface area contributed by atoms with Gasteiger partial charge in [0.1, 0.15) is 11.7 Å². The van der Waals surface area contributed by atoms with Crippen molar-refractivity contribution in [2.24, 2.45) is 5.92 Å². The van der Waals surface area contributed by atoms with Crippen LogP contribution in [0.2, 0.25) is 0 Å². The molecule has 0 bridgehead atoms. The molecule has 1 aromatic carbocycles. The Morgan fingerprint density at radius 2 is 1.91 bits per heavy atom. The predicted octanol–water partition coefficient (Wildman–Crippen LogP) is 4.39. The van der Waals surface area contributed by atoms with E-state index in [1.165, 1.54) is 6.42 Å². The number of benzene rings is 1. The van der Waals surface area contributed by atoms with Crippen LogP contribution in [0.15, 0.2) is 49.2 Å². The van der Waals surface area contributed by atoms with Crippen LogP contribution in [-0.4, -0.2) is 37.8 Å². The van der Waals surface area contributed by atoms with Crippen LogP contribution in [0.4, 0.5) is 5.69 Å². The number of anilines is 1. The van der Waals surface area contributed by atoms with E-state index in [9.17, 15) is 9.59 Å². The summed E-state index contributed by atoms with van der Waals surface area (Å²) in [6.07, 6.45) is 8.40. The standard InChI is InChI=1S/C26H32N6O2/c1-4-16-32-22(14-15-27-32)25(33)29-24(20-8-6-5-7-9-20)26(34)28-21-12-10-19(11-13-21)23-17(2)30-31-18(23)3/h4,10-15,20,24H,1,5-9,16H2,2-3H3,(H,28,34)(H,29,33)(H,30,31)/t24-/m0/s1. The Kier molecular flexibility index (Phi) is 7.25. The zero-order valence-corrected chi connectivity index (χ0v) is 19.8. The fraction of sp³-hybridized carbons (Fsp3) is 0.385. The van der Waals surface area contributed by atoms with Crippen LogP contribution in [0, 0.1) is 19.8 Å². The summed E-state index contributed by atoms with van der Waals surface area (Å²) in [5, 5.41) is 17.5. The lowest BCUT2D eigenvalue weighted by Crippen LogP contribution is -2.49. The molecule has 0 unspecified atom stereocenters. The molecule has 2 heterocycles. The van der Waals surface area contributed by atoms with E-state index in [2.05, 4.69) is 32.5 Å². The fourth-order valence-corrected chi connectivity index (χ4v) is 4.79. The van der Waals surface area contributed by atoms with Gasteiger partial charge in [-0.3, -0.25) is 19.4 Å². The summed E-state index contributed by atoms with van der Waals surface area (Å²) in [5.41, 5.74) is 5.16. The van der Waals surface area contributed by atoms with Crippen molar-refractivity contribution in [3.05, 3.63) is 66.3 Å². The lowest BCUT2D eigenvalue weighted by atomic mass is 9.83. The zero-order chi connectivity index (χ0) is 24.1. The summed E-state index contributed by atoms with van der Waals surface area (Å²) in [5.74, 6) is -0.395. The smallest absolute Gasteiger partial charge is 0.270 e. The topological polar surface area (TPSA) is 105 Å². The minimum atomic E-state index is -0.613. The summed E-state index contributed by atoms with van der Waals surface area (Å²) in [4.78, 5) is 26.4. The van der Waals surface area contributed by atoms with Gasteiger partial charge < -0.3 is 10.6 Å². The maximum Gasteiger partial charge on any atom is 0.270 e. The van der Waals surface area contributed by atoms with E-state index in [0.717, 1.165) is 48.2 Å². The summed E-state index contributed by atoms with van der Waals surface area (Å²) in [6.45, 7) is 8.10. The summed E-state index contributed by atoms with van der Waals surface area (Å²) in [6, 6.07) is 8.77. The van der Waals surface area contributed by atoms with Crippen molar-refractivity contribution in [1.29, 1.82) is 0 Å². The first kappa shape index (κ1) is 23.5. The molecule has 4 rings (SSSR count). The third-order valence-corrected chi connectivity index (χ3v) is 6.51. The SMILES string of the molecule is C=CCn1nccc1C(=O)N[C@H](C(=O)Nc1ccc(-c2c(C)n[nH]c2C)cc1)C1CCCCC1. The first-order valence-corrected chi connectivity index (χ1v) is 11.8. The van der Waals surface area contributed by atoms with Crippen molar-refractivity contribution in [2.75, 3.05) is 5.32 Å². The van der Waals surface area contributed by atoms with E-state index < -0.39 is 6.04 Å². The van der Waals surface area contributed by atoms with Crippen molar-refractivity contribution in [1.82, 2.24) is 25.3 Å². The largest absolute Gasteiger partial charge is 0.339 e. The zero-order valence-electron chi connectivity index (χ0n) is 19.8. The number of carbonyl (C=O) groups is 2. The van der Waals surface area contributed by atoms with Crippen LogP contribution in [0.5, 0.6) is 0 Å². The summed E-state index contributed by atoms with van der Waals surface area (Å²) >= 11 is 0. The predicted molar refractivity (Wildman–Crippen MR) is 132 cm³/mol. The van der Waals surface area contributed by atoms with Crippen molar-refractivity contribution >= 4 is 17.5 Å². The van der Waals surface area contributed by atoms with E-state index in [0.29, 0.717) is 17.9 Å². The number of allylic oxidation sites excluding steroid dienone is 1. The van der Waals surface area contributed by atoms with Crippen LogP contribution in [0.25, 0.3) is 11.1 Å². The van der Waals surface area contributed by atoms with E-state index in [4.69, 9.17) is 0 Å². The minimum Gasteiger partial charge on any atom is -0.339 e. The number of rotatable bonds is 8. The monoisotopic (exact) mass is 460 g/mol. The molecule has 0 aliphatic heterocycles. The van der Waals surface area contributed by atoms with Crippen molar-refractivity contribution in [3.63, 3.8) is 0 Å². The number of hydrogen-bond acceptors (Lipinski definition) is 4. The molecule has 0 saturated heterocycles. The molecule has 2 amide bonds. The number of carbonyl (C=O) groups excluding carboxylic acids is 2. The molecular weight excluding hydrogens is 428 g/mol. The summed E-state index contributed by atoms with van der Waals surface area (Å²) < 4.78 is 1.58. The minimum absolute atomic E-state index is 0.101. The highest BCUT2D eigenvalue weighted by molar-refractivity contribution is 6.00. The lowest BCUT2D eigenvalue weighted by molar-refractivity contribution is -0.119. The lowest BCUT2D eigenvalue weighted by Gasteiger charge is -2.30. The van der Waals surface area contributed by atoms with Crippen LogP contribution < -0.4 is 10.6 Å². The van der Waals surface area contributed by atoms with Gasteiger partial charge in [-0.1, -0.05) is 37.5 Å². The van der Waals surface area contributed by atoms with E-state index >= 15 is 0 Å². The number of aromatic amines is 1. The number of H-pyrrole nitrogens is 1. The Labute approximate surface area is 199 Å². The second kappa shape index (κ2) is 10.5. The van der Waals surface area contributed by atoms with Gasteiger partial charge in [-0.05, 0) is 56.4 Å². The molecule has 0 radical (unpaired) electrons. The number of hydrogen-bond donors (Lipinski definition) is 3. The molecular formula is C26H32N6O2. The van der Waals surface area contributed by atoms with E-state index in [1.54, 1.807) is 23.0 Å². The Morgan fingerprint density at radius 3 is 2.56 bits per heavy atom. The van der Waals surface area contributed by atoms with Gasteiger partial charge in [-0.15, -0.1) is 6.58 Å². The van der Waals surface area contributed by atoms with Gasteiger partial charge in [0.15, 0.2) is 0 Å². The van der Waals surface area contributed by atoms with Crippen LogP contribution in [0.1, 0.15) is 54.0 Å².